The molecular formula is C26H33FO5S. The molecule has 4 bridgehead atoms. The first kappa shape index (κ1) is 23.2. The van der Waals surface area contributed by atoms with Gasteiger partial charge in [-0.25, -0.2) is 12.8 Å². The van der Waals surface area contributed by atoms with E-state index in [2.05, 4.69) is 0 Å². The summed E-state index contributed by atoms with van der Waals surface area (Å²) >= 11 is 0. The van der Waals surface area contributed by atoms with E-state index in [1.807, 2.05) is 0 Å². The topological polar surface area (TPSA) is 88.5 Å². The fourth-order valence-electron chi connectivity index (χ4n) is 7.56. The molecule has 33 heavy (non-hydrogen) atoms. The zero-order valence-corrected chi connectivity index (χ0v) is 19.8. The molecular weight excluding hydrogens is 443 g/mol. The van der Waals surface area contributed by atoms with Crippen LogP contribution in [0.25, 0.3) is 0 Å². The molecule has 2 atom stereocenters. The standard InChI is InChI=1S/C26H33FO5S/c27-21-3-1-2-4-22(21)33(31,32)10-8-25(6-7-25)24(30)13-20-18-11-17-12-19(20)16-26(14-17,15-18)23(29)5-9-28/h1-4,17-20,28H,5-16H2. The number of hydrogen-bond donors (Lipinski definition) is 1. The number of carbonyl (C=O) groups is 2. The monoisotopic (exact) mass is 476 g/mol. The average Bonchev–Trinajstić information content (AvgIpc) is 3.56. The summed E-state index contributed by atoms with van der Waals surface area (Å²) in [6, 6.07) is 5.41. The molecule has 0 saturated heterocycles. The van der Waals surface area contributed by atoms with Crippen LogP contribution >= 0.6 is 0 Å². The van der Waals surface area contributed by atoms with Crippen LogP contribution in [0.1, 0.15) is 64.2 Å². The molecule has 2 unspecified atom stereocenters. The molecule has 7 heteroatoms. The molecule has 0 aliphatic heterocycles. The maximum atomic E-state index is 14.0. The number of rotatable bonds is 10. The second kappa shape index (κ2) is 8.26. The van der Waals surface area contributed by atoms with Crippen LogP contribution in [-0.4, -0.2) is 37.5 Å². The molecule has 1 N–H and O–H groups in total. The van der Waals surface area contributed by atoms with Crippen LogP contribution in [-0.2, 0) is 19.4 Å². The lowest BCUT2D eigenvalue weighted by atomic mass is 9.44. The fraction of sp³-hybridized carbons (Fsp3) is 0.692. The highest BCUT2D eigenvalue weighted by molar-refractivity contribution is 7.91. The summed E-state index contributed by atoms with van der Waals surface area (Å²) in [6.07, 6.45) is 7.17. The van der Waals surface area contributed by atoms with Crippen molar-refractivity contribution in [2.45, 2.75) is 69.1 Å². The Labute approximate surface area is 195 Å². The number of aliphatic hydroxyl groups is 1. The minimum absolute atomic E-state index is 0.0964. The lowest BCUT2D eigenvalue weighted by Crippen LogP contribution is -2.54. The van der Waals surface area contributed by atoms with Crippen molar-refractivity contribution < 1.29 is 27.5 Å². The molecule has 0 radical (unpaired) electrons. The van der Waals surface area contributed by atoms with E-state index in [9.17, 15) is 27.5 Å². The van der Waals surface area contributed by atoms with Crippen LogP contribution in [0.2, 0.25) is 0 Å². The van der Waals surface area contributed by atoms with Gasteiger partial charge in [-0.15, -0.1) is 0 Å². The van der Waals surface area contributed by atoms with Gasteiger partial charge in [-0.1, -0.05) is 12.1 Å². The van der Waals surface area contributed by atoms with E-state index in [0.717, 1.165) is 38.2 Å². The van der Waals surface area contributed by atoms with Gasteiger partial charge in [0.1, 0.15) is 22.3 Å². The highest BCUT2D eigenvalue weighted by Crippen LogP contribution is 2.64. The Balaban J connectivity index is 1.24. The van der Waals surface area contributed by atoms with Gasteiger partial charge < -0.3 is 5.11 Å². The molecule has 5 aliphatic rings. The Morgan fingerprint density at radius 1 is 1.03 bits per heavy atom. The zero-order valence-electron chi connectivity index (χ0n) is 19.0. The van der Waals surface area contributed by atoms with Crippen molar-refractivity contribution in [1.29, 1.82) is 0 Å². The Bertz CT molecular complexity index is 1040. The number of carbonyl (C=O) groups excluding carboxylic acids is 2. The number of benzene rings is 1. The summed E-state index contributed by atoms with van der Waals surface area (Å²) in [4.78, 5) is 25.9. The van der Waals surface area contributed by atoms with Gasteiger partial charge in [0.2, 0.25) is 0 Å². The Hall–Kier alpha value is -1.60. The van der Waals surface area contributed by atoms with Crippen LogP contribution < -0.4 is 0 Å². The first-order valence-corrected chi connectivity index (χ1v) is 14.0. The number of halogens is 1. The summed E-state index contributed by atoms with van der Waals surface area (Å²) in [5, 5.41) is 9.27. The lowest BCUT2D eigenvalue weighted by Gasteiger charge is -2.59. The molecule has 5 aliphatic carbocycles. The van der Waals surface area contributed by atoms with E-state index in [1.54, 1.807) is 0 Å². The highest BCUT2D eigenvalue weighted by atomic mass is 32.2. The SMILES string of the molecule is O=C(CC1C2CC3CC1CC(C(=O)CCO)(C3)C2)C1(CCS(=O)(=O)c2ccccc2F)CC1. The number of hydrogen-bond acceptors (Lipinski definition) is 5. The normalized spacial score (nSPS) is 33.8. The first-order valence-electron chi connectivity index (χ1n) is 12.3. The number of ketones is 2. The molecule has 0 aromatic heterocycles. The highest BCUT2D eigenvalue weighted by Gasteiger charge is 2.59. The quantitative estimate of drug-likeness (QED) is 0.549. The van der Waals surface area contributed by atoms with Crippen molar-refractivity contribution in [3.05, 3.63) is 30.1 Å². The van der Waals surface area contributed by atoms with Gasteiger partial charge >= 0.3 is 0 Å². The van der Waals surface area contributed by atoms with E-state index in [4.69, 9.17) is 0 Å². The van der Waals surface area contributed by atoms with Crippen LogP contribution in [0.4, 0.5) is 4.39 Å². The maximum absolute atomic E-state index is 14.0. The smallest absolute Gasteiger partial charge is 0.181 e. The predicted octanol–water partition coefficient (Wildman–Crippen LogP) is 4.12. The second-order valence-electron chi connectivity index (χ2n) is 11.2. The minimum atomic E-state index is -3.78. The molecule has 6 rings (SSSR count). The van der Waals surface area contributed by atoms with Crippen molar-refractivity contribution in [3.8, 4) is 0 Å². The third-order valence-corrected chi connectivity index (χ3v) is 11.0. The first-order chi connectivity index (χ1) is 15.7. The minimum Gasteiger partial charge on any atom is -0.396 e. The molecule has 0 spiro atoms. The number of sulfone groups is 1. The zero-order chi connectivity index (χ0) is 23.4. The fourth-order valence-corrected chi connectivity index (χ4v) is 9.09. The van der Waals surface area contributed by atoms with Gasteiger partial charge in [0.25, 0.3) is 0 Å². The Morgan fingerprint density at radius 2 is 1.70 bits per heavy atom. The molecule has 1 aromatic carbocycles. The van der Waals surface area contributed by atoms with Crippen molar-refractivity contribution >= 4 is 21.4 Å². The van der Waals surface area contributed by atoms with E-state index in [1.165, 1.54) is 18.2 Å². The largest absolute Gasteiger partial charge is 0.396 e. The lowest BCUT2D eigenvalue weighted by molar-refractivity contribution is -0.153. The number of aliphatic hydroxyl groups excluding tert-OH is 1. The van der Waals surface area contributed by atoms with Crippen LogP contribution in [0.15, 0.2) is 29.2 Å². The van der Waals surface area contributed by atoms with E-state index < -0.39 is 21.1 Å². The van der Waals surface area contributed by atoms with Crippen molar-refractivity contribution in [2.75, 3.05) is 12.4 Å². The van der Waals surface area contributed by atoms with Gasteiger partial charge in [0, 0.05) is 30.3 Å². The molecule has 180 valence electrons. The van der Waals surface area contributed by atoms with Crippen LogP contribution in [0.5, 0.6) is 0 Å². The van der Waals surface area contributed by atoms with Crippen molar-refractivity contribution in [2.24, 2.45) is 34.5 Å². The predicted molar refractivity (Wildman–Crippen MR) is 121 cm³/mol. The number of Topliss-reactive ketones (excluding diaryl/α,β-unsaturated/α-hetero) is 2. The summed E-state index contributed by atoms with van der Waals surface area (Å²) in [5.74, 6) is 0.999. The van der Waals surface area contributed by atoms with Gasteiger partial charge in [-0.2, -0.15) is 0 Å². The third-order valence-electron chi connectivity index (χ3n) is 9.29. The molecule has 0 heterocycles. The molecule has 5 fully saturated rings. The van der Waals surface area contributed by atoms with Gasteiger partial charge in [-0.05, 0) is 87.2 Å². The van der Waals surface area contributed by atoms with Crippen molar-refractivity contribution in [1.82, 2.24) is 0 Å². The Kier molecular flexibility index (Phi) is 5.80. The summed E-state index contributed by atoms with van der Waals surface area (Å²) in [6.45, 7) is -0.0964. The second-order valence-corrected chi connectivity index (χ2v) is 13.3. The molecule has 1 aromatic rings. The van der Waals surface area contributed by atoms with E-state index >= 15 is 0 Å². The molecule has 5 saturated carbocycles. The van der Waals surface area contributed by atoms with E-state index in [0.29, 0.717) is 37.0 Å². The summed E-state index contributed by atoms with van der Waals surface area (Å²) < 4.78 is 39.4. The summed E-state index contributed by atoms with van der Waals surface area (Å²) in [7, 11) is -3.78. The van der Waals surface area contributed by atoms with E-state index in [-0.39, 0.29) is 53.0 Å². The van der Waals surface area contributed by atoms with Crippen LogP contribution in [0, 0.1) is 40.3 Å². The van der Waals surface area contributed by atoms with Crippen molar-refractivity contribution in [3.63, 3.8) is 0 Å². The van der Waals surface area contributed by atoms with Gasteiger partial charge in [-0.3, -0.25) is 9.59 Å². The molecule has 0 amide bonds. The summed E-state index contributed by atoms with van der Waals surface area (Å²) in [5.41, 5.74) is -0.860. The maximum Gasteiger partial charge on any atom is 0.181 e. The average molecular weight is 477 g/mol. The van der Waals surface area contributed by atoms with Gasteiger partial charge in [0.05, 0.1) is 5.75 Å². The van der Waals surface area contributed by atoms with Gasteiger partial charge in [0.15, 0.2) is 9.84 Å². The third kappa shape index (κ3) is 4.09. The molecule has 5 nitrogen and oxygen atoms in total. The van der Waals surface area contributed by atoms with Crippen LogP contribution in [0.3, 0.4) is 0 Å². The Morgan fingerprint density at radius 3 is 2.30 bits per heavy atom.